The van der Waals surface area contributed by atoms with E-state index in [1.165, 1.54) is 12.8 Å². The van der Waals surface area contributed by atoms with Gasteiger partial charge in [0.1, 0.15) is 0 Å². The highest BCUT2D eigenvalue weighted by Gasteiger charge is 2.21. The van der Waals surface area contributed by atoms with Crippen LogP contribution in [0.4, 0.5) is 0 Å². The lowest BCUT2D eigenvalue weighted by molar-refractivity contribution is 0.812. The molecule has 1 saturated carbocycles. The largest absolute Gasteiger partial charge is 0.357 e. The number of aliphatic imine (C=N–C) groups is 1. The Hall–Kier alpha value is -1.22. The molecule has 1 aliphatic carbocycles. The van der Waals surface area contributed by atoms with Crippen LogP contribution in [-0.4, -0.2) is 18.5 Å². The van der Waals surface area contributed by atoms with E-state index in [4.69, 9.17) is 11.6 Å². The van der Waals surface area contributed by atoms with E-state index in [-0.39, 0.29) is 0 Å². The molecule has 92 valence electrons. The van der Waals surface area contributed by atoms with Gasteiger partial charge < -0.3 is 10.6 Å². The minimum absolute atomic E-state index is 0.610. The third-order valence-electron chi connectivity index (χ3n) is 2.63. The van der Waals surface area contributed by atoms with Crippen molar-refractivity contribution < 1.29 is 0 Å². The highest BCUT2D eigenvalue weighted by molar-refractivity contribution is 6.31. The first-order valence-electron chi connectivity index (χ1n) is 6.08. The maximum atomic E-state index is 6.09. The van der Waals surface area contributed by atoms with Crippen LogP contribution in [0.3, 0.4) is 0 Å². The number of rotatable bonds is 4. The summed E-state index contributed by atoms with van der Waals surface area (Å²) in [5, 5.41) is 7.39. The molecule has 1 aromatic rings. The SMILES string of the molecule is CCNC(=NCc1ccccc1Cl)NC1CC1. The van der Waals surface area contributed by atoms with Gasteiger partial charge in [-0.1, -0.05) is 29.8 Å². The molecular weight excluding hydrogens is 234 g/mol. The van der Waals surface area contributed by atoms with E-state index in [0.717, 1.165) is 23.1 Å². The molecule has 0 unspecified atom stereocenters. The van der Waals surface area contributed by atoms with Crippen LogP contribution in [0, 0.1) is 0 Å². The first-order valence-corrected chi connectivity index (χ1v) is 6.45. The third kappa shape index (κ3) is 3.93. The van der Waals surface area contributed by atoms with Gasteiger partial charge >= 0.3 is 0 Å². The fourth-order valence-electron chi connectivity index (χ4n) is 1.53. The second-order valence-corrected chi connectivity index (χ2v) is 4.61. The van der Waals surface area contributed by atoms with Crippen LogP contribution in [0.2, 0.25) is 5.02 Å². The van der Waals surface area contributed by atoms with Crippen molar-refractivity contribution in [2.45, 2.75) is 32.4 Å². The van der Waals surface area contributed by atoms with Gasteiger partial charge in [-0.3, -0.25) is 0 Å². The molecule has 0 aliphatic heterocycles. The lowest BCUT2D eigenvalue weighted by atomic mass is 10.2. The summed E-state index contributed by atoms with van der Waals surface area (Å²) in [4.78, 5) is 4.53. The van der Waals surface area contributed by atoms with Gasteiger partial charge in [0.15, 0.2) is 5.96 Å². The van der Waals surface area contributed by atoms with E-state index in [1.807, 2.05) is 24.3 Å². The van der Waals surface area contributed by atoms with Crippen molar-refractivity contribution >= 4 is 17.6 Å². The van der Waals surface area contributed by atoms with E-state index in [2.05, 4.69) is 22.5 Å². The molecular formula is C13H18ClN3. The van der Waals surface area contributed by atoms with Gasteiger partial charge in [0.2, 0.25) is 0 Å². The Morgan fingerprint density at radius 1 is 1.41 bits per heavy atom. The molecule has 0 amide bonds. The smallest absolute Gasteiger partial charge is 0.191 e. The second-order valence-electron chi connectivity index (χ2n) is 4.21. The summed E-state index contributed by atoms with van der Waals surface area (Å²) in [6, 6.07) is 8.43. The summed E-state index contributed by atoms with van der Waals surface area (Å²) in [6.45, 7) is 3.56. The Morgan fingerprint density at radius 3 is 2.82 bits per heavy atom. The summed E-state index contributed by atoms with van der Waals surface area (Å²) in [5.41, 5.74) is 1.06. The van der Waals surface area contributed by atoms with Gasteiger partial charge in [0, 0.05) is 17.6 Å². The summed E-state index contributed by atoms with van der Waals surface area (Å²) < 4.78 is 0. The maximum absolute atomic E-state index is 6.09. The number of hydrogen-bond donors (Lipinski definition) is 2. The maximum Gasteiger partial charge on any atom is 0.191 e. The zero-order chi connectivity index (χ0) is 12.1. The molecule has 4 heteroatoms. The molecule has 0 heterocycles. The first-order chi connectivity index (χ1) is 8.29. The number of nitrogens with zero attached hydrogens (tertiary/aromatic N) is 1. The molecule has 2 N–H and O–H groups in total. The Bertz CT molecular complexity index is 399. The van der Waals surface area contributed by atoms with Crippen LogP contribution in [-0.2, 0) is 6.54 Å². The van der Waals surface area contributed by atoms with Crippen molar-refractivity contribution in [2.75, 3.05) is 6.54 Å². The minimum atomic E-state index is 0.610. The molecule has 0 spiro atoms. The predicted molar refractivity (Wildman–Crippen MR) is 72.4 cm³/mol. The molecule has 3 nitrogen and oxygen atoms in total. The van der Waals surface area contributed by atoms with Crippen molar-refractivity contribution in [1.29, 1.82) is 0 Å². The van der Waals surface area contributed by atoms with E-state index in [9.17, 15) is 0 Å². The van der Waals surface area contributed by atoms with Crippen molar-refractivity contribution in [3.63, 3.8) is 0 Å². The molecule has 17 heavy (non-hydrogen) atoms. The summed E-state index contributed by atoms with van der Waals surface area (Å²) in [7, 11) is 0. The van der Waals surface area contributed by atoms with Crippen LogP contribution in [0.15, 0.2) is 29.3 Å². The van der Waals surface area contributed by atoms with E-state index < -0.39 is 0 Å². The highest BCUT2D eigenvalue weighted by atomic mass is 35.5. The Balaban J connectivity index is 1.97. The van der Waals surface area contributed by atoms with Crippen molar-refractivity contribution in [2.24, 2.45) is 4.99 Å². The average molecular weight is 252 g/mol. The number of guanidine groups is 1. The fraction of sp³-hybridized carbons (Fsp3) is 0.462. The molecule has 0 aromatic heterocycles. The van der Waals surface area contributed by atoms with Crippen LogP contribution >= 0.6 is 11.6 Å². The summed E-state index contributed by atoms with van der Waals surface area (Å²) in [6.07, 6.45) is 2.49. The monoisotopic (exact) mass is 251 g/mol. The standard InChI is InChI=1S/C13H18ClN3/c1-2-15-13(17-11-7-8-11)16-9-10-5-3-4-6-12(10)14/h3-6,11H,2,7-9H2,1H3,(H2,15,16,17). The lowest BCUT2D eigenvalue weighted by Gasteiger charge is -2.10. The number of nitrogens with one attached hydrogen (secondary N) is 2. The Kier molecular flexibility index (Phi) is 4.26. The van der Waals surface area contributed by atoms with Gasteiger partial charge in [-0.15, -0.1) is 0 Å². The number of halogens is 1. The molecule has 0 atom stereocenters. The normalized spacial score (nSPS) is 15.8. The molecule has 1 aromatic carbocycles. The van der Waals surface area contributed by atoms with Crippen LogP contribution in [0.5, 0.6) is 0 Å². The predicted octanol–water partition coefficient (Wildman–Crippen LogP) is 2.56. The van der Waals surface area contributed by atoms with Crippen molar-refractivity contribution in [3.8, 4) is 0 Å². The molecule has 1 aliphatic rings. The van der Waals surface area contributed by atoms with E-state index >= 15 is 0 Å². The lowest BCUT2D eigenvalue weighted by Crippen LogP contribution is -2.38. The first kappa shape index (κ1) is 12.2. The zero-order valence-electron chi connectivity index (χ0n) is 10.0. The van der Waals surface area contributed by atoms with Gasteiger partial charge in [-0.25, -0.2) is 4.99 Å². The van der Waals surface area contributed by atoms with Gasteiger partial charge in [0.25, 0.3) is 0 Å². The molecule has 0 saturated heterocycles. The van der Waals surface area contributed by atoms with Crippen LogP contribution in [0.25, 0.3) is 0 Å². The Morgan fingerprint density at radius 2 is 2.18 bits per heavy atom. The van der Waals surface area contributed by atoms with Crippen molar-refractivity contribution in [3.05, 3.63) is 34.9 Å². The van der Waals surface area contributed by atoms with Gasteiger partial charge in [0.05, 0.1) is 6.54 Å². The summed E-state index contributed by atoms with van der Waals surface area (Å²) in [5.74, 6) is 0.884. The second kappa shape index (κ2) is 5.92. The zero-order valence-corrected chi connectivity index (χ0v) is 10.8. The molecule has 1 fully saturated rings. The molecule has 0 bridgehead atoms. The van der Waals surface area contributed by atoms with Gasteiger partial charge in [-0.05, 0) is 31.4 Å². The number of hydrogen-bond acceptors (Lipinski definition) is 1. The van der Waals surface area contributed by atoms with Crippen LogP contribution in [0.1, 0.15) is 25.3 Å². The average Bonchev–Trinajstić information content (AvgIpc) is 3.12. The minimum Gasteiger partial charge on any atom is -0.357 e. The van der Waals surface area contributed by atoms with E-state index in [0.29, 0.717) is 12.6 Å². The highest BCUT2D eigenvalue weighted by Crippen LogP contribution is 2.19. The fourth-order valence-corrected chi connectivity index (χ4v) is 1.73. The Labute approximate surface area is 107 Å². The summed E-state index contributed by atoms with van der Waals surface area (Å²) >= 11 is 6.09. The topological polar surface area (TPSA) is 36.4 Å². The quantitative estimate of drug-likeness (QED) is 0.637. The van der Waals surface area contributed by atoms with Crippen LogP contribution < -0.4 is 10.6 Å². The third-order valence-corrected chi connectivity index (χ3v) is 3.00. The van der Waals surface area contributed by atoms with Gasteiger partial charge in [-0.2, -0.15) is 0 Å². The molecule has 0 radical (unpaired) electrons. The van der Waals surface area contributed by atoms with E-state index in [1.54, 1.807) is 0 Å². The van der Waals surface area contributed by atoms with Crippen molar-refractivity contribution in [1.82, 2.24) is 10.6 Å². The number of benzene rings is 1. The molecule has 2 rings (SSSR count).